The molecule has 0 aliphatic carbocycles. The van der Waals surface area contributed by atoms with Gasteiger partial charge in [0, 0.05) is 17.6 Å². The molecule has 0 aromatic carbocycles. The SMILES string of the molecule is CN.N=Cc1cccc(CCCCCCCc2cccc(C(=N)N)n2)n1. The van der Waals surface area contributed by atoms with Crippen molar-refractivity contribution in [2.75, 3.05) is 7.05 Å². The molecule has 140 valence electrons. The number of hydrogen-bond acceptors (Lipinski definition) is 5. The molecule has 6 N–H and O–H groups in total. The molecule has 0 aliphatic heterocycles. The van der Waals surface area contributed by atoms with Crippen LogP contribution in [-0.4, -0.2) is 29.1 Å². The van der Waals surface area contributed by atoms with E-state index in [9.17, 15) is 0 Å². The third-order valence-corrected chi connectivity index (χ3v) is 3.92. The number of aryl methyl sites for hydroxylation is 2. The van der Waals surface area contributed by atoms with Crippen LogP contribution in [-0.2, 0) is 12.8 Å². The normalized spacial score (nSPS) is 9.92. The summed E-state index contributed by atoms with van der Waals surface area (Å²) in [6.45, 7) is 0. The zero-order valence-electron chi connectivity index (χ0n) is 15.5. The van der Waals surface area contributed by atoms with Crippen LogP contribution in [0.5, 0.6) is 0 Å². The average Bonchev–Trinajstić information content (AvgIpc) is 2.69. The topological polar surface area (TPSA) is 126 Å². The molecule has 0 radical (unpaired) electrons. The Morgan fingerprint density at radius 3 is 2.00 bits per heavy atom. The number of pyridine rings is 2. The molecule has 0 bridgehead atoms. The smallest absolute Gasteiger partial charge is 0.141 e. The number of aromatic nitrogens is 2. The molecular formula is C20H30N6. The van der Waals surface area contributed by atoms with Gasteiger partial charge >= 0.3 is 0 Å². The van der Waals surface area contributed by atoms with Gasteiger partial charge in [0.1, 0.15) is 11.5 Å². The molecule has 0 saturated carbocycles. The molecule has 0 unspecified atom stereocenters. The van der Waals surface area contributed by atoms with Gasteiger partial charge in [-0.05, 0) is 57.0 Å². The van der Waals surface area contributed by atoms with Gasteiger partial charge in [0.25, 0.3) is 0 Å². The number of nitrogens with zero attached hydrogens (tertiary/aromatic N) is 2. The Hall–Kier alpha value is -2.60. The predicted octanol–water partition coefficient (Wildman–Crippen LogP) is 3.07. The van der Waals surface area contributed by atoms with E-state index in [0.717, 1.165) is 42.8 Å². The Balaban J connectivity index is 0.00000163. The van der Waals surface area contributed by atoms with Gasteiger partial charge in [-0.3, -0.25) is 10.4 Å². The lowest BCUT2D eigenvalue weighted by molar-refractivity contribution is 0.607. The summed E-state index contributed by atoms with van der Waals surface area (Å²) in [5.74, 6) is 0.0255. The number of nitrogens with two attached hydrogens (primary N) is 2. The first-order chi connectivity index (χ1) is 12.7. The Morgan fingerprint density at radius 1 is 0.885 bits per heavy atom. The van der Waals surface area contributed by atoms with E-state index in [4.69, 9.17) is 16.6 Å². The van der Waals surface area contributed by atoms with E-state index in [-0.39, 0.29) is 5.84 Å². The van der Waals surface area contributed by atoms with Crippen LogP contribution in [0.25, 0.3) is 0 Å². The number of hydrogen-bond donors (Lipinski definition) is 4. The fraction of sp³-hybridized carbons (Fsp3) is 0.400. The predicted molar refractivity (Wildman–Crippen MR) is 108 cm³/mol. The maximum Gasteiger partial charge on any atom is 0.141 e. The molecule has 0 saturated heterocycles. The van der Waals surface area contributed by atoms with Gasteiger partial charge < -0.3 is 16.9 Å². The molecule has 26 heavy (non-hydrogen) atoms. The molecule has 0 fully saturated rings. The largest absolute Gasteiger partial charge is 0.382 e. The van der Waals surface area contributed by atoms with E-state index in [1.807, 2.05) is 30.3 Å². The van der Waals surface area contributed by atoms with Crippen LogP contribution in [0.3, 0.4) is 0 Å². The highest BCUT2D eigenvalue weighted by Gasteiger charge is 2.01. The van der Waals surface area contributed by atoms with Gasteiger partial charge in [-0.15, -0.1) is 0 Å². The molecule has 0 spiro atoms. The van der Waals surface area contributed by atoms with E-state index in [1.165, 1.54) is 32.5 Å². The standard InChI is InChI=1S/C19H25N5.CH5N/c20-14-17-12-6-10-15(23-17)8-4-2-1-3-5-9-16-11-7-13-18(24-16)19(21)22;1-2/h6-7,10-14,20H,1-5,8-9H2,(H3,21,22);2H2,1H3. The van der Waals surface area contributed by atoms with Gasteiger partial charge in [-0.2, -0.15) is 0 Å². The maximum absolute atomic E-state index is 7.42. The average molecular weight is 355 g/mol. The summed E-state index contributed by atoms with van der Waals surface area (Å²) in [5, 5.41) is 14.6. The van der Waals surface area contributed by atoms with Crippen molar-refractivity contribution in [3.05, 3.63) is 59.2 Å². The second-order valence-corrected chi connectivity index (χ2v) is 5.89. The van der Waals surface area contributed by atoms with Crippen molar-refractivity contribution in [1.82, 2.24) is 9.97 Å². The lowest BCUT2D eigenvalue weighted by atomic mass is 10.1. The maximum atomic E-state index is 7.42. The fourth-order valence-corrected chi connectivity index (χ4v) is 2.63. The minimum Gasteiger partial charge on any atom is -0.382 e. The summed E-state index contributed by atoms with van der Waals surface area (Å²) in [5.41, 5.74) is 13.3. The van der Waals surface area contributed by atoms with Crippen molar-refractivity contribution in [3.63, 3.8) is 0 Å². The second-order valence-electron chi connectivity index (χ2n) is 5.89. The Labute approximate surface area is 156 Å². The second kappa shape index (κ2) is 12.7. The molecule has 2 rings (SSSR count). The highest BCUT2D eigenvalue weighted by atomic mass is 14.8. The fourth-order valence-electron chi connectivity index (χ4n) is 2.63. The quantitative estimate of drug-likeness (QED) is 0.297. The van der Waals surface area contributed by atoms with Crippen LogP contribution in [0, 0.1) is 10.8 Å². The number of nitrogens with one attached hydrogen (secondary N) is 2. The number of rotatable bonds is 10. The third kappa shape index (κ3) is 7.98. The minimum absolute atomic E-state index is 0.0255. The van der Waals surface area contributed by atoms with E-state index in [0.29, 0.717) is 5.69 Å². The first-order valence-corrected chi connectivity index (χ1v) is 9.03. The van der Waals surface area contributed by atoms with E-state index in [1.54, 1.807) is 6.07 Å². The lowest BCUT2D eigenvalue weighted by Gasteiger charge is -2.04. The first-order valence-electron chi connectivity index (χ1n) is 9.03. The first kappa shape index (κ1) is 21.4. The Bertz CT molecular complexity index is 684. The Morgan fingerprint density at radius 2 is 1.42 bits per heavy atom. The summed E-state index contributed by atoms with van der Waals surface area (Å²) < 4.78 is 0. The summed E-state index contributed by atoms with van der Waals surface area (Å²) in [6.07, 6.45) is 9.02. The van der Waals surface area contributed by atoms with E-state index < -0.39 is 0 Å². The molecule has 6 nitrogen and oxygen atoms in total. The zero-order valence-corrected chi connectivity index (χ0v) is 15.5. The van der Waals surface area contributed by atoms with Crippen LogP contribution in [0.4, 0.5) is 0 Å². The van der Waals surface area contributed by atoms with Crippen LogP contribution in [0.1, 0.15) is 54.9 Å². The summed E-state index contributed by atoms with van der Waals surface area (Å²) in [7, 11) is 1.50. The zero-order chi connectivity index (χ0) is 19.2. The molecule has 6 heteroatoms. The van der Waals surface area contributed by atoms with Crippen molar-refractivity contribution < 1.29 is 0 Å². The molecule has 0 amide bonds. The highest BCUT2D eigenvalue weighted by molar-refractivity contribution is 5.92. The Kier molecular flexibility index (Phi) is 10.5. The van der Waals surface area contributed by atoms with Gasteiger partial charge in [0.2, 0.25) is 0 Å². The number of unbranched alkanes of at least 4 members (excludes halogenated alkanes) is 4. The minimum atomic E-state index is 0.0255. The molecule has 2 aromatic rings. The molecule has 2 heterocycles. The van der Waals surface area contributed by atoms with Crippen molar-refractivity contribution in [2.24, 2.45) is 11.5 Å². The van der Waals surface area contributed by atoms with Crippen LogP contribution >= 0.6 is 0 Å². The van der Waals surface area contributed by atoms with Gasteiger partial charge in [-0.25, -0.2) is 4.98 Å². The van der Waals surface area contributed by atoms with Crippen LogP contribution < -0.4 is 11.5 Å². The monoisotopic (exact) mass is 354 g/mol. The van der Waals surface area contributed by atoms with Crippen molar-refractivity contribution >= 4 is 12.1 Å². The summed E-state index contributed by atoms with van der Waals surface area (Å²) in [6, 6.07) is 11.5. The molecular weight excluding hydrogens is 324 g/mol. The van der Waals surface area contributed by atoms with Crippen molar-refractivity contribution in [2.45, 2.75) is 44.9 Å². The van der Waals surface area contributed by atoms with Gasteiger partial charge in [-0.1, -0.05) is 31.4 Å². The molecule has 0 atom stereocenters. The van der Waals surface area contributed by atoms with E-state index in [2.05, 4.69) is 15.7 Å². The lowest BCUT2D eigenvalue weighted by Crippen LogP contribution is -2.13. The van der Waals surface area contributed by atoms with Crippen molar-refractivity contribution in [3.8, 4) is 0 Å². The third-order valence-electron chi connectivity index (χ3n) is 3.92. The number of nitrogen functional groups attached to an aromatic ring is 1. The molecule has 0 aliphatic rings. The molecule has 2 aromatic heterocycles. The van der Waals surface area contributed by atoms with Crippen LogP contribution in [0.2, 0.25) is 0 Å². The van der Waals surface area contributed by atoms with E-state index >= 15 is 0 Å². The van der Waals surface area contributed by atoms with Gasteiger partial charge in [0.05, 0.1) is 5.69 Å². The highest BCUT2D eigenvalue weighted by Crippen LogP contribution is 2.10. The van der Waals surface area contributed by atoms with Crippen molar-refractivity contribution in [1.29, 1.82) is 10.8 Å². The summed E-state index contributed by atoms with van der Waals surface area (Å²) >= 11 is 0. The van der Waals surface area contributed by atoms with Gasteiger partial charge in [0.15, 0.2) is 0 Å². The van der Waals surface area contributed by atoms with Crippen LogP contribution in [0.15, 0.2) is 36.4 Å². The number of amidine groups is 1. The summed E-state index contributed by atoms with van der Waals surface area (Å²) in [4.78, 5) is 8.79.